The predicted octanol–water partition coefficient (Wildman–Crippen LogP) is 2.99. The van der Waals surface area contributed by atoms with Crippen molar-refractivity contribution in [3.8, 4) is 6.07 Å². The first-order valence-corrected chi connectivity index (χ1v) is 6.41. The first-order valence-electron chi connectivity index (χ1n) is 5.60. The molecule has 1 aromatic carbocycles. The highest BCUT2D eigenvalue weighted by Gasteiger charge is 2.59. The summed E-state index contributed by atoms with van der Waals surface area (Å²) in [6.07, 6.45) is 1.63. The van der Waals surface area contributed by atoms with E-state index in [1.54, 1.807) is 18.2 Å². The summed E-state index contributed by atoms with van der Waals surface area (Å²) in [5.41, 5.74) is 0.216. The molecule has 1 saturated carbocycles. The van der Waals surface area contributed by atoms with Gasteiger partial charge >= 0.3 is 0 Å². The molecule has 17 heavy (non-hydrogen) atoms. The number of nitrogens with zero attached hydrogens (tertiary/aromatic N) is 1. The highest BCUT2D eigenvalue weighted by molar-refractivity contribution is 8.01. The molecule has 2 aliphatic rings. The predicted molar refractivity (Wildman–Crippen MR) is 63.1 cm³/mol. The molecule has 0 atom stereocenters. The summed E-state index contributed by atoms with van der Waals surface area (Å²) < 4.78 is 18.3. The summed E-state index contributed by atoms with van der Waals surface area (Å²) in [6.45, 7) is 1.52. The molecule has 2 fully saturated rings. The molecular weight excluding hydrogens is 237 g/mol. The van der Waals surface area contributed by atoms with Gasteiger partial charge in [0.15, 0.2) is 0 Å². The molecule has 1 aromatic rings. The molecule has 0 radical (unpaired) electrons. The third-order valence-electron chi connectivity index (χ3n) is 3.48. The molecule has 0 aromatic heterocycles. The van der Waals surface area contributed by atoms with Gasteiger partial charge in [-0.15, -0.1) is 11.8 Å². The average Bonchev–Trinajstić information content (AvgIpc) is 2.23. The molecular formula is C13H12FNOS. The fraction of sp³-hybridized carbons (Fsp3) is 0.462. The first-order chi connectivity index (χ1) is 8.17. The molecule has 1 aliphatic heterocycles. The molecule has 1 heterocycles. The normalized spacial score (nSPS) is 23.5. The lowest BCUT2D eigenvalue weighted by Crippen LogP contribution is -2.59. The van der Waals surface area contributed by atoms with Crippen LogP contribution in [0.15, 0.2) is 29.2 Å². The lowest BCUT2D eigenvalue weighted by molar-refractivity contribution is -0.161. The van der Waals surface area contributed by atoms with E-state index in [0.29, 0.717) is 4.90 Å². The second kappa shape index (κ2) is 3.72. The van der Waals surface area contributed by atoms with Crippen LogP contribution in [0.25, 0.3) is 0 Å². The third-order valence-corrected chi connectivity index (χ3v) is 4.81. The van der Waals surface area contributed by atoms with Crippen LogP contribution in [0, 0.1) is 22.6 Å². The highest BCUT2D eigenvalue weighted by Crippen LogP contribution is 2.60. The van der Waals surface area contributed by atoms with Gasteiger partial charge in [-0.2, -0.15) is 5.26 Å². The van der Waals surface area contributed by atoms with Gasteiger partial charge in [0.25, 0.3) is 0 Å². The second-order valence-corrected chi connectivity index (χ2v) is 6.41. The Kier molecular flexibility index (Phi) is 2.42. The molecule has 88 valence electrons. The summed E-state index contributed by atoms with van der Waals surface area (Å²) in [4.78, 5) is 0.573. The third kappa shape index (κ3) is 1.74. The van der Waals surface area contributed by atoms with Gasteiger partial charge < -0.3 is 4.74 Å². The van der Waals surface area contributed by atoms with Crippen molar-refractivity contribution in [1.29, 1.82) is 5.26 Å². The summed E-state index contributed by atoms with van der Waals surface area (Å²) in [6, 6.07) is 9.00. The van der Waals surface area contributed by atoms with E-state index in [4.69, 9.17) is 4.74 Å². The zero-order valence-electron chi connectivity index (χ0n) is 9.28. The van der Waals surface area contributed by atoms with Crippen molar-refractivity contribution in [3.63, 3.8) is 0 Å². The lowest BCUT2D eigenvalue weighted by Gasteiger charge is -2.56. The van der Waals surface area contributed by atoms with Crippen molar-refractivity contribution < 1.29 is 9.13 Å². The maximum absolute atomic E-state index is 13.6. The monoisotopic (exact) mass is 249 g/mol. The van der Waals surface area contributed by atoms with Crippen LogP contribution in [0.2, 0.25) is 0 Å². The molecule has 0 N–H and O–H groups in total. The molecule has 2 nitrogen and oxygen atoms in total. The van der Waals surface area contributed by atoms with Crippen LogP contribution >= 0.6 is 11.8 Å². The SMILES string of the molecule is N#CC1(Sc2ccccc2F)CC2(COC2)C1. The Bertz CT molecular complexity index is 484. The number of halogens is 1. The molecule has 1 saturated heterocycles. The average molecular weight is 249 g/mol. The molecule has 0 unspecified atom stereocenters. The van der Waals surface area contributed by atoms with Crippen molar-refractivity contribution in [2.45, 2.75) is 22.5 Å². The summed E-state index contributed by atoms with van der Waals surface area (Å²) >= 11 is 1.36. The Labute approximate surface area is 104 Å². The van der Waals surface area contributed by atoms with Gasteiger partial charge in [0.05, 0.1) is 19.3 Å². The van der Waals surface area contributed by atoms with E-state index in [0.717, 1.165) is 26.1 Å². The molecule has 1 spiro atoms. The number of nitriles is 1. The number of thioether (sulfide) groups is 1. The molecule has 4 heteroatoms. The Morgan fingerprint density at radius 1 is 1.29 bits per heavy atom. The van der Waals surface area contributed by atoms with E-state index >= 15 is 0 Å². The minimum absolute atomic E-state index is 0.216. The number of ether oxygens (including phenoxy) is 1. The number of benzene rings is 1. The lowest BCUT2D eigenvalue weighted by atomic mass is 9.60. The Morgan fingerprint density at radius 3 is 2.53 bits per heavy atom. The summed E-state index contributed by atoms with van der Waals surface area (Å²) in [7, 11) is 0. The van der Waals surface area contributed by atoms with Gasteiger partial charge in [-0.25, -0.2) is 4.39 Å². The number of hydrogen-bond donors (Lipinski definition) is 0. The second-order valence-electron chi connectivity index (χ2n) is 4.98. The van der Waals surface area contributed by atoms with Crippen molar-refractivity contribution >= 4 is 11.8 Å². The van der Waals surface area contributed by atoms with Gasteiger partial charge in [0.2, 0.25) is 0 Å². The Balaban J connectivity index is 1.76. The van der Waals surface area contributed by atoms with E-state index in [-0.39, 0.29) is 11.2 Å². The van der Waals surface area contributed by atoms with Crippen LogP contribution in [-0.2, 0) is 4.74 Å². The van der Waals surface area contributed by atoms with E-state index < -0.39 is 4.75 Å². The van der Waals surface area contributed by atoms with E-state index in [2.05, 4.69) is 6.07 Å². The van der Waals surface area contributed by atoms with E-state index in [9.17, 15) is 9.65 Å². The number of hydrogen-bond acceptors (Lipinski definition) is 3. The quantitative estimate of drug-likeness (QED) is 0.807. The Morgan fingerprint density at radius 2 is 2.00 bits per heavy atom. The van der Waals surface area contributed by atoms with Gasteiger partial charge in [0, 0.05) is 10.3 Å². The summed E-state index contributed by atoms with van der Waals surface area (Å²) in [5.74, 6) is -0.238. The van der Waals surface area contributed by atoms with Crippen molar-refractivity contribution in [3.05, 3.63) is 30.1 Å². The van der Waals surface area contributed by atoms with Crippen LogP contribution in [-0.4, -0.2) is 18.0 Å². The van der Waals surface area contributed by atoms with E-state index in [1.165, 1.54) is 17.8 Å². The zero-order valence-corrected chi connectivity index (χ0v) is 10.1. The van der Waals surface area contributed by atoms with Crippen molar-refractivity contribution in [2.75, 3.05) is 13.2 Å². The fourth-order valence-electron chi connectivity index (χ4n) is 2.67. The van der Waals surface area contributed by atoms with Gasteiger partial charge in [0.1, 0.15) is 10.6 Å². The molecule has 0 bridgehead atoms. The van der Waals surface area contributed by atoms with Crippen LogP contribution < -0.4 is 0 Å². The minimum atomic E-state index is -0.452. The summed E-state index contributed by atoms with van der Waals surface area (Å²) in [5, 5.41) is 9.31. The standard InChI is InChI=1S/C13H12FNOS/c14-10-3-1-2-4-11(10)17-13(7-15)5-12(6-13)8-16-9-12/h1-4H,5-6,8-9H2. The largest absolute Gasteiger partial charge is 0.380 e. The van der Waals surface area contributed by atoms with Crippen molar-refractivity contribution in [2.24, 2.45) is 5.41 Å². The zero-order chi connectivity index (χ0) is 11.9. The smallest absolute Gasteiger partial charge is 0.136 e. The van der Waals surface area contributed by atoms with Crippen LogP contribution in [0.5, 0.6) is 0 Å². The van der Waals surface area contributed by atoms with E-state index in [1.807, 2.05) is 0 Å². The van der Waals surface area contributed by atoms with Crippen LogP contribution in [0.1, 0.15) is 12.8 Å². The first kappa shape index (κ1) is 11.1. The van der Waals surface area contributed by atoms with Gasteiger partial charge in [-0.1, -0.05) is 12.1 Å². The van der Waals surface area contributed by atoms with Crippen LogP contribution in [0.4, 0.5) is 4.39 Å². The maximum Gasteiger partial charge on any atom is 0.136 e. The molecule has 1 aliphatic carbocycles. The van der Waals surface area contributed by atoms with Gasteiger partial charge in [-0.3, -0.25) is 0 Å². The van der Waals surface area contributed by atoms with Gasteiger partial charge in [-0.05, 0) is 25.0 Å². The fourth-order valence-corrected chi connectivity index (χ4v) is 4.20. The maximum atomic E-state index is 13.6. The topological polar surface area (TPSA) is 33.0 Å². The molecule has 3 rings (SSSR count). The highest BCUT2D eigenvalue weighted by atomic mass is 32.2. The minimum Gasteiger partial charge on any atom is -0.380 e. The number of rotatable bonds is 2. The molecule has 0 amide bonds. The van der Waals surface area contributed by atoms with Crippen molar-refractivity contribution in [1.82, 2.24) is 0 Å². The van der Waals surface area contributed by atoms with Crippen LogP contribution in [0.3, 0.4) is 0 Å². The Hall–Kier alpha value is -1.05.